The van der Waals surface area contributed by atoms with Crippen molar-refractivity contribution in [3.63, 3.8) is 0 Å². The summed E-state index contributed by atoms with van der Waals surface area (Å²) in [6.45, 7) is 2.75. The lowest BCUT2D eigenvalue weighted by Crippen LogP contribution is -2.14. The first kappa shape index (κ1) is 12.7. The van der Waals surface area contributed by atoms with Crippen LogP contribution in [0.2, 0.25) is 0 Å². The van der Waals surface area contributed by atoms with Crippen molar-refractivity contribution in [3.8, 4) is 0 Å². The van der Waals surface area contributed by atoms with Crippen molar-refractivity contribution in [2.45, 2.75) is 19.4 Å². The monoisotopic (exact) mass is 315 g/mol. The Balaban J connectivity index is 2.59. The molecule has 0 aliphatic heterocycles. The molecule has 2 rings (SSSR count). The Kier molecular flexibility index (Phi) is 3.96. The molecule has 4 nitrogen and oxygen atoms in total. The van der Waals surface area contributed by atoms with E-state index in [0.717, 1.165) is 22.1 Å². The van der Waals surface area contributed by atoms with E-state index in [4.69, 9.17) is 17.0 Å². The molecular formula is C11H14BrN3OS. The van der Waals surface area contributed by atoms with Gasteiger partial charge in [-0.3, -0.25) is 4.57 Å². The van der Waals surface area contributed by atoms with Gasteiger partial charge in [0.25, 0.3) is 0 Å². The van der Waals surface area contributed by atoms with Crippen LogP contribution < -0.4 is 0 Å². The number of methoxy groups -OCH3 is 1. The summed E-state index contributed by atoms with van der Waals surface area (Å²) in [7, 11) is 1.70. The smallest absolute Gasteiger partial charge is 0.179 e. The fourth-order valence-corrected chi connectivity index (χ4v) is 2.57. The molecule has 0 aliphatic rings. The van der Waals surface area contributed by atoms with Gasteiger partial charge in [0.15, 0.2) is 10.4 Å². The van der Waals surface area contributed by atoms with Gasteiger partial charge in [-0.1, -0.05) is 6.92 Å². The van der Waals surface area contributed by atoms with Gasteiger partial charge in [-0.15, -0.1) is 0 Å². The summed E-state index contributed by atoms with van der Waals surface area (Å²) in [5, 5.41) is 0. The molecule has 0 spiro atoms. The molecule has 0 aliphatic carbocycles. The Morgan fingerprint density at radius 3 is 3.06 bits per heavy atom. The summed E-state index contributed by atoms with van der Waals surface area (Å²) in [5.74, 6) is 0. The van der Waals surface area contributed by atoms with Crippen molar-refractivity contribution in [2.24, 2.45) is 0 Å². The number of hydrogen-bond donors (Lipinski definition) is 1. The first-order chi connectivity index (χ1) is 8.17. The number of imidazole rings is 1. The van der Waals surface area contributed by atoms with E-state index in [1.165, 1.54) is 0 Å². The maximum absolute atomic E-state index is 5.35. The zero-order valence-corrected chi connectivity index (χ0v) is 12.1. The molecular weight excluding hydrogens is 302 g/mol. The third-order valence-electron chi connectivity index (χ3n) is 2.72. The number of rotatable bonds is 4. The van der Waals surface area contributed by atoms with Gasteiger partial charge in [0.05, 0.1) is 18.2 Å². The summed E-state index contributed by atoms with van der Waals surface area (Å²) < 4.78 is 8.88. The Hall–Kier alpha value is -0.720. The van der Waals surface area contributed by atoms with E-state index in [2.05, 4.69) is 32.8 Å². The number of H-pyrrole nitrogens is 1. The van der Waals surface area contributed by atoms with E-state index >= 15 is 0 Å². The van der Waals surface area contributed by atoms with Crippen molar-refractivity contribution < 1.29 is 4.74 Å². The van der Waals surface area contributed by atoms with Crippen LogP contribution in [0, 0.1) is 4.77 Å². The molecule has 2 heterocycles. The number of pyridine rings is 1. The average Bonchev–Trinajstić information content (AvgIpc) is 2.61. The zero-order valence-electron chi connectivity index (χ0n) is 9.74. The number of hydrogen-bond acceptors (Lipinski definition) is 3. The molecule has 0 aromatic carbocycles. The molecule has 2 aromatic heterocycles. The molecule has 1 atom stereocenters. The number of aromatic amines is 1. The molecule has 2 aromatic rings. The lowest BCUT2D eigenvalue weighted by Gasteiger charge is -2.15. The second-order valence-electron chi connectivity index (χ2n) is 3.84. The van der Waals surface area contributed by atoms with Crippen LogP contribution in [-0.2, 0) is 4.74 Å². The van der Waals surface area contributed by atoms with Crippen LogP contribution in [0.4, 0.5) is 0 Å². The van der Waals surface area contributed by atoms with Crippen molar-refractivity contribution in [1.82, 2.24) is 14.5 Å². The summed E-state index contributed by atoms with van der Waals surface area (Å²) in [6, 6.07) is 2.20. The normalized spacial score (nSPS) is 13.1. The van der Waals surface area contributed by atoms with Crippen molar-refractivity contribution in [3.05, 3.63) is 21.5 Å². The van der Waals surface area contributed by atoms with Gasteiger partial charge < -0.3 is 9.72 Å². The fraction of sp³-hybridized carbons (Fsp3) is 0.455. The van der Waals surface area contributed by atoms with Crippen LogP contribution in [0.5, 0.6) is 0 Å². The highest BCUT2D eigenvalue weighted by molar-refractivity contribution is 9.10. The van der Waals surface area contributed by atoms with Gasteiger partial charge in [-0.05, 0) is 40.6 Å². The Bertz CT molecular complexity index is 578. The highest BCUT2D eigenvalue weighted by Gasteiger charge is 2.14. The summed E-state index contributed by atoms with van der Waals surface area (Å²) in [6.07, 6.45) is 2.73. The van der Waals surface area contributed by atoms with Gasteiger partial charge in [-0.25, -0.2) is 4.98 Å². The SMILES string of the molecule is CCC(COC)n1c(=S)[nH]c2cc(Br)cnc21. The number of halogens is 1. The molecule has 1 unspecified atom stereocenters. The predicted octanol–water partition coefficient (Wildman–Crippen LogP) is 3.45. The fourth-order valence-electron chi connectivity index (χ4n) is 1.89. The lowest BCUT2D eigenvalue weighted by atomic mass is 10.2. The number of nitrogens with one attached hydrogen (secondary N) is 1. The Morgan fingerprint density at radius 1 is 1.65 bits per heavy atom. The lowest BCUT2D eigenvalue weighted by molar-refractivity contribution is 0.154. The van der Waals surface area contributed by atoms with Crippen LogP contribution >= 0.6 is 28.1 Å². The molecule has 0 bridgehead atoms. The molecule has 0 saturated carbocycles. The minimum atomic E-state index is 0.218. The van der Waals surface area contributed by atoms with Crippen molar-refractivity contribution >= 4 is 39.3 Å². The van der Waals surface area contributed by atoms with E-state index in [-0.39, 0.29) is 6.04 Å². The quantitative estimate of drug-likeness (QED) is 0.879. The molecule has 0 fully saturated rings. The van der Waals surface area contributed by atoms with Crippen LogP contribution in [0.3, 0.4) is 0 Å². The number of ether oxygens (including phenoxy) is 1. The van der Waals surface area contributed by atoms with Gasteiger partial charge in [0, 0.05) is 17.8 Å². The molecule has 92 valence electrons. The number of nitrogens with zero attached hydrogens (tertiary/aromatic N) is 2. The minimum Gasteiger partial charge on any atom is -0.383 e. The van der Waals surface area contributed by atoms with Crippen LogP contribution in [0.15, 0.2) is 16.7 Å². The standard InChI is InChI=1S/C11H14BrN3OS/c1-3-8(6-16-2)15-10-9(14-11(15)17)4-7(12)5-13-10/h4-5,8H,3,6H2,1-2H3,(H,14,17). The van der Waals surface area contributed by atoms with Gasteiger partial charge in [0.2, 0.25) is 0 Å². The number of fused-ring (bicyclic) bond motifs is 1. The summed E-state index contributed by atoms with van der Waals surface area (Å²) in [4.78, 5) is 7.59. The third kappa shape index (κ3) is 2.43. The first-order valence-corrected chi connectivity index (χ1v) is 6.62. The molecule has 0 amide bonds. The first-order valence-electron chi connectivity index (χ1n) is 5.42. The highest BCUT2D eigenvalue weighted by Crippen LogP contribution is 2.22. The zero-order chi connectivity index (χ0) is 12.4. The van der Waals surface area contributed by atoms with Crippen LogP contribution in [-0.4, -0.2) is 28.3 Å². The van der Waals surface area contributed by atoms with Crippen molar-refractivity contribution in [1.29, 1.82) is 0 Å². The van der Waals surface area contributed by atoms with E-state index in [9.17, 15) is 0 Å². The molecule has 17 heavy (non-hydrogen) atoms. The third-order valence-corrected chi connectivity index (χ3v) is 3.45. The summed E-state index contributed by atoms with van der Waals surface area (Å²) in [5.41, 5.74) is 1.82. The van der Waals surface area contributed by atoms with Crippen LogP contribution in [0.25, 0.3) is 11.2 Å². The maximum atomic E-state index is 5.35. The van der Waals surface area contributed by atoms with E-state index in [1.54, 1.807) is 13.3 Å². The average molecular weight is 316 g/mol. The van der Waals surface area contributed by atoms with Gasteiger partial charge in [0.1, 0.15) is 0 Å². The minimum absolute atomic E-state index is 0.218. The second kappa shape index (κ2) is 5.29. The largest absolute Gasteiger partial charge is 0.383 e. The summed E-state index contributed by atoms with van der Waals surface area (Å²) >= 11 is 8.75. The topological polar surface area (TPSA) is 42.8 Å². The molecule has 1 N–H and O–H groups in total. The maximum Gasteiger partial charge on any atom is 0.179 e. The Morgan fingerprint density at radius 2 is 2.41 bits per heavy atom. The predicted molar refractivity (Wildman–Crippen MR) is 73.8 cm³/mol. The Labute approximate surface area is 113 Å². The number of aromatic nitrogens is 3. The molecule has 0 saturated heterocycles. The van der Waals surface area contributed by atoms with Gasteiger partial charge in [-0.2, -0.15) is 0 Å². The molecule has 6 heteroatoms. The van der Waals surface area contributed by atoms with Crippen LogP contribution in [0.1, 0.15) is 19.4 Å². The van der Waals surface area contributed by atoms with Crippen molar-refractivity contribution in [2.75, 3.05) is 13.7 Å². The highest BCUT2D eigenvalue weighted by atomic mass is 79.9. The molecule has 0 radical (unpaired) electrons. The van der Waals surface area contributed by atoms with E-state index in [1.807, 2.05) is 10.6 Å². The van der Waals surface area contributed by atoms with E-state index < -0.39 is 0 Å². The van der Waals surface area contributed by atoms with E-state index in [0.29, 0.717) is 11.4 Å². The second-order valence-corrected chi connectivity index (χ2v) is 5.14. The van der Waals surface area contributed by atoms with Gasteiger partial charge >= 0.3 is 0 Å².